The van der Waals surface area contributed by atoms with E-state index >= 15 is 0 Å². The quantitative estimate of drug-likeness (QED) is 0.577. The van der Waals surface area contributed by atoms with Gasteiger partial charge in [0.05, 0.1) is 23.5 Å². The predicted molar refractivity (Wildman–Crippen MR) is 67.4 cm³/mol. The number of hydrogen-bond donors (Lipinski definition) is 4. The van der Waals surface area contributed by atoms with Gasteiger partial charge in [-0.25, -0.2) is 9.59 Å². The molecule has 4 N–H and O–H groups in total. The van der Waals surface area contributed by atoms with Crippen LogP contribution in [0.15, 0.2) is 18.2 Å². The topological polar surface area (TPSA) is 149 Å². The van der Waals surface area contributed by atoms with E-state index in [2.05, 4.69) is 0 Å². The Bertz CT molecular complexity index is 604. The molecule has 0 aliphatic carbocycles. The van der Waals surface area contributed by atoms with Gasteiger partial charge in [0.25, 0.3) is 0 Å². The Kier molecular flexibility index (Phi) is 5.01. The third-order valence-corrected chi connectivity index (χ3v) is 2.82. The van der Waals surface area contributed by atoms with Gasteiger partial charge in [-0.3, -0.25) is 9.59 Å². The van der Waals surface area contributed by atoms with Crippen LogP contribution < -0.4 is 0 Å². The van der Waals surface area contributed by atoms with Crippen molar-refractivity contribution in [1.29, 1.82) is 0 Å². The molecule has 1 unspecified atom stereocenters. The summed E-state index contributed by atoms with van der Waals surface area (Å²) in [6.45, 7) is 0. The lowest BCUT2D eigenvalue weighted by molar-refractivity contribution is -0.148. The Balaban J connectivity index is 3.16. The third kappa shape index (κ3) is 4.30. The first-order valence-electron chi connectivity index (χ1n) is 5.76. The molecule has 0 saturated heterocycles. The number of aromatic carboxylic acids is 2. The summed E-state index contributed by atoms with van der Waals surface area (Å²) >= 11 is 0. The van der Waals surface area contributed by atoms with Gasteiger partial charge in [0, 0.05) is 0 Å². The van der Waals surface area contributed by atoms with Crippen LogP contribution in [0, 0.1) is 5.92 Å². The number of rotatable bonds is 7. The molecule has 0 radical (unpaired) electrons. The van der Waals surface area contributed by atoms with Crippen molar-refractivity contribution in [3.8, 4) is 0 Å². The zero-order chi connectivity index (χ0) is 16.2. The summed E-state index contributed by atoms with van der Waals surface area (Å²) in [7, 11) is 0. The molecule has 0 aliphatic heterocycles. The van der Waals surface area contributed by atoms with Gasteiger partial charge < -0.3 is 20.4 Å². The Hall–Kier alpha value is -2.90. The molecule has 0 aliphatic rings. The van der Waals surface area contributed by atoms with Crippen molar-refractivity contribution in [2.75, 3.05) is 0 Å². The minimum absolute atomic E-state index is 0.0705. The van der Waals surface area contributed by atoms with Crippen molar-refractivity contribution in [3.05, 3.63) is 34.9 Å². The number of carbonyl (C=O) groups is 4. The van der Waals surface area contributed by atoms with Gasteiger partial charge >= 0.3 is 23.9 Å². The van der Waals surface area contributed by atoms with Crippen molar-refractivity contribution in [1.82, 2.24) is 0 Å². The molecule has 1 aromatic carbocycles. The zero-order valence-corrected chi connectivity index (χ0v) is 10.6. The van der Waals surface area contributed by atoms with Crippen molar-refractivity contribution < 1.29 is 39.6 Å². The molecule has 0 aromatic heterocycles. The van der Waals surface area contributed by atoms with Crippen LogP contribution in [0.25, 0.3) is 0 Å². The van der Waals surface area contributed by atoms with Gasteiger partial charge in [-0.2, -0.15) is 0 Å². The molecule has 0 bridgehead atoms. The van der Waals surface area contributed by atoms with Crippen molar-refractivity contribution in [2.24, 2.45) is 5.92 Å². The average molecular weight is 296 g/mol. The minimum atomic E-state index is -1.41. The fraction of sp³-hybridized carbons (Fsp3) is 0.231. The molecule has 1 atom stereocenters. The fourth-order valence-corrected chi connectivity index (χ4v) is 1.81. The van der Waals surface area contributed by atoms with Crippen LogP contribution in [0.3, 0.4) is 0 Å². The lowest BCUT2D eigenvalue weighted by atomic mass is 9.92. The van der Waals surface area contributed by atoms with Crippen LogP contribution in [-0.2, 0) is 16.0 Å². The summed E-state index contributed by atoms with van der Waals surface area (Å²) in [6, 6.07) is 3.24. The Morgan fingerprint density at radius 3 is 2.00 bits per heavy atom. The number of carboxylic acid groups (broad SMARTS) is 4. The smallest absolute Gasteiger partial charge is 0.335 e. The van der Waals surface area contributed by atoms with Gasteiger partial charge in [-0.05, 0) is 24.1 Å². The van der Waals surface area contributed by atoms with Gasteiger partial charge in [0.15, 0.2) is 0 Å². The lowest BCUT2D eigenvalue weighted by Crippen LogP contribution is -2.21. The summed E-state index contributed by atoms with van der Waals surface area (Å²) in [5.41, 5.74) is -0.533. The van der Waals surface area contributed by atoms with Gasteiger partial charge in [0.1, 0.15) is 0 Å². The number of hydrogen-bond acceptors (Lipinski definition) is 4. The van der Waals surface area contributed by atoms with E-state index in [9.17, 15) is 19.2 Å². The molecular weight excluding hydrogens is 284 g/mol. The normalized spacial score (nSPS) is 11.6. The van der Waals surface area contributed by atoms with Crippen LogP contribution in [0.1, 0.15) is 32.7 Å². The number of benzene rings is 1. The molecule has 21 heavy (non-hydrogen) atoms. The van der Waals surface area contributed by atoms with Gasteiger partial charge in [0.2, 0.25) is 0 Å². The molecule has 8 nitrogen and oxygen atoms in total. The molecule has 8 heteroatoms. The van der Waals surface area contributed by atoms with Crippen LogP contribution in [-0.4, -0.2) is 44.3 Å². The van der Waals surface area contributed by atoms with E-state index in [0.717, 1.165) is 12.1 Å². The number of carboxylic acids is 4. The first-order chi connectivity index (χ1) is 9.72. The lowest BCUT2D eigenvalue weighted by Gasteiger charge is -2.12. The molecule has 1 rings (SSSR count). The maximum Gasteiger partial charge on any atom is 0.335 e. The molecular formula is C13H12O8. The Morgan fingerprint density at radius 2 is 1.57 bits per heavy atom. The van der Waals surface area contributed by atoms with Gasteiger partial charge in [-0.15, -0.1) is 0 Å². The SMILES string of the molecule is O=C(O)CC(Cc1ccc(C(=O)O)cc1C(=O)O)C(=O)O. The summed E-state index contributed by atoms with van der Waals surface area (Å²) in [5, 5.41) is 35.5. The molecule has 0 fully saturated rings. The molecule has 0 amide bonds. The van der Waals surface area contributed by atoms with Crippen LogP contribution in [0.4, 0.5) is 0 Å². The molecule has 0 saturated carbocycles. The second-order valence-corrected chi connectivity index (χ2v) is 4.32. The van der Waals surface area contributed by atoms with Crippen LogP contribution >= 0.6 is 0 Å². The minimum Gasteiger partial charge on any atom is -0.481 e. The van der Waals surface area contributed by atoms with E-state index in [1.165, 1.54) is 6.07 Å². The van der Waals surface area contributed by atoms with E-state index in [1.807, 2.05) is 0 Å². The third-order valence-electron chi connectivity index (χ3n) is 2.82. The second-order valence-electron chi connectivity index (χ2n) is 4.32. The molecule has 112 valence electrons. The first kappa shape index (κ1) is 16.2. The highest BCUT2D eigenvalue weighted by Gasteiger charge is 2.24. The average Bonchev–Trinajstić information content (AvgIpc) is 2.37. The van der Waals surface area contributed by atoms with Gasteiger partial charge in [-0.1, -0.05) is 6.07 Å². The molecule has 1 aromatic rings. The number of aliphatic carboxylic acids is 2. The molecule has 0 spiro atoms. The maximum atomic E-state index is 11.1. The van der Waals surface area contributed by atoms with E-state index in [1.54, 1.807) is 0 Å². The second kappa shape index (κ2) is 6.51. The van der Waals surface area contributed by atoms with Crippen molar-refractivity contribution in [2.45, 2.75) is 12.8 Å². The van der Waals surface area contributed by atoms with E-state index in [-0.39, 0.29) is 23.1 Å². The Morgan fingerprint density at radius 1 is 0.952 bits per heavy atom. The van der Waals surface area contributed by atoms with E-state index in [4.69, 9.17) is 20.4 Å². The van der Waals surface area contributed by atoms with Crippen molar-refractivity contribution >= 4 is 23.9 Å². The highest BCUT2D eigenvalue weighted by Crippen LogP contribution is 2.19. The predicted octanol–water partition coefficient (Wildman–Crippen LogP) is 0.801. The van der Waals surface area contributed by atoms with Crippen LogP contribution in [0.5, 0.6) is 0 Å². The van der Waals surface area contributed by atoms with Crippen molar-refractivity contribution in [3.63, 3.8) is 0 Å². The maximum absolute atomic E-state index is 11.1. The summed E-state index contributed by atoms with van der Waals surface area (Å²) in [5.74, 6) is -6.70. The molecule has 0 heterocycles. The van der Waals surface area contributed by atoms with Crippen LogP contribution in [0.2, 0.25) is 0 Å². The highest BCUT2D eigenvalue weighted by atomic mass is 16.4. The van der Waals surface area contributed by atoms with E-state index < -0.39 is 36.2 Å². The van der Waals surface area contributed by atoms with E-state index in [0.29, 0.717) is 0 Å². The Labute approximate surface area is 118 Å². The summed E-state index contributed by atoms with van der Waals surface area (Å²) in [6.07, 6.45) is -0.974. The fourth-order valence-electron chi connectivity index (χ4n) is 1.81. The first-order valence-corrected chi connectivity index (χ1v) is 5.76. The summed E-state index contributed by atoms with van der Waals surface area (Å²) in [4.78, 5) is 43.5. The zero-order valence-electron chi connectivity index (χ0n) is 10.6. The standard InChI is InChI=1S/C13H12O8/c14-10(15)5-8(12(18)19)3-6-1-2-7(11(16)17)4-9(6)13(20)21/h1-2,4,8H,3,5H2,(H,14,15)(H,16,17)(H,18,19)(H,20,21). The monoisotopic (exact) mass is 296 g/mol. The summed E-state index contributed by atoms with van der Waals surface area (Å²) < 4.78 is 0. The largest absolute Gasteiger partial charge is 0.481 e. The highest BCUT2D eigenvalue weighted by molar-refractivity contribution is 5.95.